The van der Waals surface area contributed by atoms with Crippen molar-refractivity contribution in [1.29, 1.82) is 0 Å². The molecule has 0 atom stereocenters. The predicted molar refractivity (Wildman–Crippen MR) is 130 cm³/mol. The third kappa shape index (κ3) is 5.71. The molecule has 0 spiro atoms. The second-order valence-electron chi connectivity index (χ2n) is 7.45. The summed E-state index contributed by atoms with van der Waals surface area (Å²) in [5.74, 6) is 0.684. The van der Waals surface area contributed by atoms with E-state index in [2.05, 4.69) is 52.0 Å². The number of benzene rings is 2. The molecule has 0 unspecified atom stereocenters. The molecule has 0 saturated heterocycles. The Labute approximate surface area is 191 Å². The van der Waals surface area contributed by atoms with E-state index in [1.165, 1.54) is 11.1 Å². The first-order chi connectivity index (χ1) is 14.9. The average Bonchev–Trinajstić information content (AvgIpc) is 3.29. The molecule has 2 heterocycles. The van der Waals surface area contributed by atoms with Crippen molar-refractivity contribution in [3.8, 4) is 0 Å². The van der Waals surface area contributed by atoms with Gasteiger partial charge >= 0.3 is 0 Å². The fourth-order valence-electron chi connectivity index (χ4n) is 3.21. The molecule has 6 nitrogen and oxygen atoms in total. The van der Waals surface area contributed by atoms with Gasteiger partial charge in [-0.05, 0) is 49.3 Å². The number of hydrogen-bond donors (Lipinski definition) is 2. The van der Waals surface area contributed by atoms with Crippen LogP contribution in [0.5, 0.6) is 0 Å². The molecule has 0 saturated carbocycles. The van der Waals surface area contributed by atoms with E-state index in [-0.39, 0.29) is 0 Å². The Morgan fingerprint density at radius 3 is 2.58 bits per heavy atom. The lowest BCUT2D eigenvalue weighted by Crippen LogP contribution is -2.19. The number of nitrogens with one attached hydrogen (secondary N) is 2. The van der Waals surface area contributed by atoms with E-state index in [0.717, 1.165) is 16.9 Å². The molecule has 4 rings (SSSR count). The molecule has 4 aromatic rings. The van der Waals surface area contributed by atoms with Crippen molar-refractivity contribution in [2.75, 3.05) is 10.6 Å². The number of thiocarbonyl (C=S) groups is 1. The number of aromatic nitrogens is 4. The van der Waals surface area contributed by atoms with Crippen LogP contribution in [0.4, 0.5) is 11.5 Å². The highest BCUT2D eigenvalue weighted by molar-refractivity contribution is 7.80. The van der Waals surface area contributed by atoms with Gasteiger partial charge in [0.2, 0.25) is 0 Å². The zero-order valence-electron chi connectivity index (χ0n) is 17.3. The average molecular weight is 451 g/mol. The lowest BCUT2D eigenvalue weighted by Gasteiger charge is -2.07. The molecule has 0 aliphatic heterocycles. The van der Waals surface area contributed by atoms with Crippen LogP contribution < -0.4 is 10.6 Å². The molecule has 0 aliphatic rings. The Kier molecular flexibility index (Phi) is 6.34. The Morgan fingerprint density at radius 1 is 1.00 bits per heavy atom. The molecule has 2 aromatic heterocycles. The molecule has 158 valence electrons. The van der Waals surface area contributed by atoms with Crippen molar-refractivity contribution < 1.29 is 0 Å². The zero-order valence-corrected chi connectivity index (χ0v) is 18.9. The summed E-state index contributed by atoms with van der Waals surface area (Å²) in [4.78, 5) is 0. The first kappa shape index (κ1) is 21.1. The minimum Gasteiger partial charge on any atom is -0.330 e. The highest BCUT2D eigenvalue weighted by Crippen LogP contribution is 2.15. The summed E-state index contributed by atoms with van der Waals surface area (Å²) in [6, 6.07) is 18.1. The maximum atomic E-state index is 6.08. The topological polar surface area (TPSA) is 59.7 Å². The predicted octanol–water partition coefficient (Wildman–Crippen LogP) is 5.26. The third-order valence-corrected chi connectivity index (χ3v) is 5.24. The van der Waals surface area contributed by atoms with Gasteiger partial charge < -0.3 is 10.6 Å². The molecule has 2 N–H and O–H groups in total. The van der Waals surface area contributed by atoms with E-state index >= 15 is 0 Å². The molecule has 0 fully saturated rings. The normalized spacial score (nSPS) is 10.8. The van der Waals surface area contributed by atoms with Gasteiger partial charge in [-0.25, -0.2) is 0 Å². The summed E-state index contributed by atoms with van der Waals surface area (Å²) in [6.07, 6.45) is 3.68. The summed E-state index contributed by atoms with van der Waals surface area (Å²) in [6.45, 7) is 5.43. The monoisotopic (exact) mass is 450 g/mol. The summed E-state index contributed by atoms with van der Waals surface area (Å²) < 4.78 is 3.79. The maximum absolute atomic E-state index is 6.08. The number of nitrogens with zero attached hydrogens (tertiary/aromatic N) is 4. The highest BCUT2D eigenvalue weighted by atomic mass is 35.5. The van der Waals surface area contributed by atoms with Crippen LogP contribution in [0.25, 0.3) is 0 Å². The number of hydrogen-bond acceptors (Lipinski definition) is 3. The van der Waals surface area contributed by atoms with Gasteiger partial charge in [0.05, 0.1) is 25.0 Å². The summed E-state index contributed by atoms with van der Waals surface area (Å²) in [7, 11) is 0. The van der Waals surface area contributed by atoms with Crippen LogP contribution in [0.2, 0.25) is 5.02 Å². The number of aryl methyl sites for hydroxylation is 2. The Morgan fingerprint density at radius 2 is 1.81 bits per heavy atom. The van der Waals surface area contributed by atoms with Gasteiger partial charge in [-0.1, -0.05) is 53.6 Å². The molecule has 0 bridgehead atoms. The van der Waals surface area contributed by atoms with Crippen molar-refractivity contribution in [2.24, 2.45) is 0 Å². The van der Waals surface area contributed by atoms with E-state index in [9.17, 15) is 0 Å². The lowest BCUT2D eigenvalue weighted by atomic mass is 10.1. The summed E-state index contributed by atoms with van der Waals surface area (Å²) in [5, 5.41) is 16.5. The Bertz CT molecular complexity index is 1200. The molecule has 2 aromatic carbocycles. The van der Waals surface area contributed by atoms with Gasteiger partial charge in [0.25, 0.3) is 0 Å². The first-order valence-electron chi connectivity index (χ1n) is 9.89. The van der Waals surface area contributed by atoms with Crippen LogP contribution in [-0.2, 0) is 13.1 Å². The molecular weight excluding hydrogens is 428 g/mol. The van der Waals surface area contributed by atoms with Gasteiger partial charge in [0.1, 0.15) is 0 Å². The quantitative estimate of drug-likeness (QED) is 0.392. The highest BCUT2D eigenvalue weighted by Gasteiger charge is 2.08. The van der Waals surface area contributed by atoms with E-state index in [1.54, 1.807) is 6.20 Å². The SMILES string of the molecule is Cc1ccc(Cn2cc(NC(=S)Nc3cc(C)n(Cc4cccc(Cl)c4)n3)cn2)cc1. The van der Waals surface area contributed by atoms with Crippen LogP contribution in [0.1, 0.15) is 22.4 Å². The summed E-state index contributed by atoms with van der Waals surface area (Å²) >= 11 is 11.5. The van der Waals surface area contributed by atoms with Gasteiger partial charge in [-0.15, -0.1) is 0 Å². The Balaban J connectivity index is 1.35. The summed E-state index contributed by atoms with van der Waals surface area (Å²) in [5.41, 5.74) is 5.37. The smallest absolute Gasteiger partial charge is 0.176 e. The van der Waals surface area contributed by atoms with Gasteiger partial charge in [0, 0.05) is 23.0 Å². The number of rotatable bonds is 6. The van der Waals surface area contributed by atoms with Crippen LogP contribution in [0, 0.1) is 13.8 Å². The van der Waals surface area contributed by atoms with Crippen LogP contribution >= 0.6 is 23.8 Å². The molecule has 0 radical (unpaired) electrons. The Hall–Kier alpha value is -3.16. The van der Waals surface area contributed by atoms with Gasteiger partial charge in [-0.2, -0.15) is 10.2 Å². The zero-order chi connectivity index (χ0) is 21.8. The number of anilines is 2. The van der Waals surface area contributed by atoms with Crippen molar-refractivity contribution in [3.05, 3.63) is 94.4 Å². The van der Waals surface area contributed by atoms with Crippen molar-refractivity contribution in [2.45, 2.75) is 26.9 Å². The van der Waals surface area contributed by atoms with E-state index in [1.807, 2.05) is 52.8 Å². The molecule has 8 heteroatoms. The standard InChI is InChI=1S/C23H23ClN6S/c1-16-6-8-18(9-7-16)13-29-15-21(12-25-29)26-23(31)27-22-10-17(2)30(28-22)14-19-4-3-5-20(24)11-19/h3-12,15H,13-14H2,1-2H3,(H2,26,27,28,31). The van der Waals surface area contributed by atoms with Gasteiger partial charge in [-0.3, -0.25) is 9.36 Å². The van der Waals surface area contributed by atoms with E-state index in [0.29, 0.717) is 29.0 Å². The van der Waals surface area contributed by atoms with Crippen LogP contribution in [0.3, 0.4) is 0 Å². The van der Waals surface area contributed by atoms with Crippen LogP contribution in [-0.4, -0.2) is 24.7 Å². The first-order valence-corrected chi connectivity index (χ1v) is 10.7. The second kappa shape index (κ2) is 9.32. The fourth-order valence-corrected chi connectivity index (χ4v) is 3.65. The lowest BCUT2D eigenvalue weighted by molar-refractivity contribution is 0.668. The van der Waals surface area contributed by atoms with Crippen LogP contribution in [0.15, 0.2) is 67.0 Å². The number of halogens is 1. The van der Waals surface area contributed by atoms with Gasteiger partial charge in [0.15, 0.2) is 10.9 Å². The largest absolute Gasteiger partial charge is 0.330 e. The molecule has 31 heavy (non-hydrogen) atoms. The van der Waals surface area contributed by atoms with E-state index < -0.39 is 0 Å². The maximum Gasteiger partial charge on any atom is 0.176 e. The molecular formula is C23H23ClN6S. The molecule has 0 aliphatic carbocycles. The second-order valence-corrected chi connectivity index (χ2v) is 8.29. The van der Waals surface area contributed by atoms with Crippen molar-refractivity contribution >= 4 is 40.4 Å². The fraction of sp³-hybridized carbons (Fsp3) is 0.174. The minimum atomic E-state index is 0.460. The minimum absolute atomic E-state index is 0.460. The van der Waals surface area contributed by atoms with Crippen molar-refractivity contribution in [1.82, 2.24) is 19.6 Å². The van der Waals surface area contributed by atoms with E-state index in [4.69, 9.17) is 23.8 Å². The third-order valence-electron chi connectivity index (χ3n) is 4.80. The van der Waals surface area contributed by atoms with Crippen molar-refractivity contribution in [3.63, 3.8) is 0 Å². The molecule has 0 amide bonds.